The fourth-order valence-corrected chi connectivity index (χ4v) is 3.52. The number of thiophene rings is 1. The highest BCUT2D eigenvalue weighted by molar-refractivity contribution is 9.10. The van der Waals surface area contributed by atoms with Crippen LogP contribution in [0.1, 0.15) is 10.4 Å². The first-order chi connectivity index (χ1) is 8.61. The van der Waals surface area contributed by atoms with Gasteiger partial charge in [0.15, 0.2) is 0 Å². The molecule has 0 unspecified atom stereocenters. The highest BCUT2D eigenvalue weighted by atomic mass is 79.9. The summed E-state index contributed by atoms with van der Waals surface area (Å²) in [6.45, 7) is 1.35. The first kappa shape index (κ1) is 13.9. The zero-order valence-corrected chi connectivity index (χ0v) is 13.1. The van der Waals surface area contributed by atoms with Gasteiger partial charge in [0.1, 0.15) is 0 Å². The van der Waals surface area contributed by atoms with Crippen LogP contribution in [-0.4, -0.2) is 7.05 Å². The number of halogens is 2. The number of nitrogens with two attached hydrogens (primary N) is 1. The van der Waals surface area contributed by atoms with Gasteiger partial charge in [-0.3, -0.25) is 0 Å². The summed E-state index contributed by atoms with van der Waals surface area (Å²) < 4.78 is 1.88. The normalized spacial score (nSPS) is 10.7. The number of nitrogens with zero attached hydrogens (tertiary/aromatic N) is 1. The van der Waals surface area contributed by atoms with Gasteiger partial charge in [-0.15, -0.1) is 11.3 Å². The van der Waals surface area contributed by atoms with E-state index >= 15 is 0 Å². The van der Waals surface area contributed by atoms with Gasteiger partial charge in [0.2, 0.25) is 0 Å². The third kappa shape index (κ3) is 3.06. The molecule has 0 aliphatic carbocycles. The predicted octanol–water partition coefficient (Wildman–Crippen LogP) is 4.26. The van der Waals surface area contributed by atoms with E-state index in [-0.39, 0.29) is 0 Å². The Morgan fingerprint density at radius 2 is 2.11 bits per heavy atom. The molecule has 0 saturated heterocycles. The van der Waals surface area contributed by atoms with Crippen molar-refractivity contribution in [1.82, 2.24) is 0 Å². The summed E-state index contributed by atoms with van der Waals surface area (Å²) in [5.41, 5.74) is 8.09. The van der Waals surface area contributed by atoms with Gasteiger partial charge in [-0.2, -0.15) is 0 Å². The van der Waals surface area contributed by atoms with Gasteiger partial charge in [0.25, 0.3) is 0 Å². The maximum atomic E-state index is 5.95. The third-order valence-electron chi connectivity index (χ3n) is 2.73. The molecule has 1 heterocycles. The van der Waals surface area contributed by atoms with E-state index in [0.29, 0.717) is 6.54 Å². The zero-order chi connectivity index (χ0) is 13.1. The van der Waals surface area contributed by atoms with Crippen LogP contribution in [0.3, 0.4) is 0 Å². The quantitative estimate of drug-likeness (QED) is 0.897. The second kappa shape index (κ2) is 6.06. The van der Waals surface area contributed by atoms with Gasteiger partial charge in [0, 0.05) is 34.2 Å². The van der Waals surface area contributed by atoms with Crippen LogP contribution in [0.2, 0.25) is 4.34 Å². The second-order valence-corrected chi connectivity index (χ2v) is 6.66. The Bertz CT molecular complexity index is 542. The van der Waals surface area contributed by atoms with Crippen LogP contribution < -0.4 is 10.6 Å². The minimum atomic E-state index is 0.520. The van der Waals surface area contributed by atoms with Crippen LogP contribution in [0.15, 0.2) is 34.8 Å². The zero-order valence-electron chi connectivity index (χ0n) is 9.99. The predicted molar refractivity (Wildman–Crippen MR) is 83.5 cm³/mol. The summed E-state index contributed by atoms with van der Waals surface area (Å²) in [5, 5.41) is 0. The molecule has 0 aliphatic heterocycles. The van der Waals surface area contributed by atoms with Gasteiger partial charge in [-0.1, -0.05) is 33.6 Å². The average molecular weight is 346 g/mol. The Morgan fingerprint density at radius 3 is 2.72 bits per heavy atom. The van der Waals surface area contributed by atoms with E-state index < -0.39 is 0 Å². The Morgan fingerprint density at radius 1 is 1.33 bits per heavy atom. The molecule has 2 rings (SSSR count). The first-order valence-electron chi connectivity index (χ1n) is 5.54. The van der Waals surface area contributed by atoms with E-state index in [1.807, 2.05) is 18.2 Å². The fourth-order valence-electron chi connectivity index (χ4n) is 1.86. The molecular formula is C13H14BrClN2S. The molecule has 1 aromatic heterocycles. The fraction of sp³-hybridized carbons (Fsp3) is 0.231. The Hall–Kier alpha value is -0.550. The number of rotatable bonds is 4. The minimum absolute atomic E-state index is 0.520. The van der Waals surface area contributed by atoms with Gasteiger partial charge in [-0.25, -0.2) is 0 Å². The van der Waals surface area contributed by atoms with Crippen molar-refractivity contribution in [2.45, 2.75) is 13.1 Å². The SMILES string of the molecule is CN(Cc1ccc(Cl)s1)c1cccc(Br)c1CN. The molecule has 96 valence electrons. The Kier molecular flexibility index (Phi) is 4.67. The Labute approximate surface area is 124 Å². The third-order valence-corrected chi connectivity index (χ3v) is 4.69. The lowest BCUT2D eigenvalue weighted by Gasteiger charge is -2.22. The van der Waals surface area contributed by atoms with Crippen LogP contribution in [0.5, 0.6) is 0 Å². The van der Waals surface area contributed by atoms with Crippen LogP contribution in [-0.2, 0) is 13.1 Å². The molecular weight excluding hydrogens is 332 g/mol. The molecule has 0 bridgehead atoms. The molecule has 0 aliphatic rings. The molecule has 2 aromatic rings. The van der Waals surface area contributed by atoms with Crippen molar-refractivity contribution >= 4 is 44.6 Å². The van der Waals surface area contributed by atoms with E-state index in [4.69, 9.17) is 17.3 Å². The maximum absolute atomic E-state index is 5.95. The van der Waals surface area contributed by atoms with Gasteiger partial charge in [0.05, 0.1) is 10.9 Å². The number of benzene rings is 1. The van der Waals surface area contributed by atoms with Gasteiger partial charge < -0.3 is 10.6 Å². The van der Waals surface area contributed by atoms with E-state index in [1.54, 1.807) is 11.3 Å². The largest absolute Gasteiger partial charge is 0.369 e. The molecule has 18 heavy (non-hydrogen) atoms. The summed E-state index contributed by atoms with van der Waals surface area (Å²) in [6.07, 6.45) is 0. The average Bonchev–Trinajstić information content (AvgIpc) is 2.74. The lowest BCUT2D eigenvalue weighted by atomic mass is 10.1. The summed E-state index contributed by atoms with van der Waals surface area (Å²) >= 11 is 11.1. The monoisotopic (exact) mass is 344 g/mol. The topological polar surface area (TPSA) is 29.3 Å². The molecule has 5 heteroatoms. The van der Waals surface area contributed by atoms with E-state index in [0.717, 1.165) is 26.6 Å². The Balaban J connectivity index is 2.23. The molecule has 0 fully saturated rings. The number of hydrogen-bond acceptors (Lipinski definition) is 3. The van der Waals surface area contributed by atoms with Crippen LogP contribution >= 0.6 is 38.9 Å². The van der Waals surface area contributed by atoms with E-state index in [9.17, 15) is 0 Å². The van der Waals surface area contributed by atoms with Crippen molar-refractivity contribution in [1.29, 1.82) is 0 Å². The van der Waals surface area contributed by atoms with Crippen molar-refractivity contribution in [2.75, 3.05) is 11.9 Å². The van der Waals surface area contributed by atoms with Crippen LogP contribution in [0, 0.1) is 0 Å². The smallest absolute Gasteiger partial charge is 0.0931 e. The molecule has 2 nitrogen and oxygen atoms in total. The molecule has 0 amide bonds. The first-order valence-corrected chi connectivity index (χ1v) is 7.53. The molecule has 1 aromatic carbocycles. The number of anilines is 1. The van der Waals surface area contributed by atoms with E-state index in [2.05, 4.69) is 40.0 Å². The lowest BCUT2D eigenvalue weighted by Crippen LogP contribution is -2.18. The summed E-state index contributed by atoms with van der Waals surface area (Å²) in [5.74, 6) is 0. The lowest BCUT2D eigenvalue weighted by molar-refractivity contribution is 0.915. The van der Waals surface area contributed by atoms with Crippen molar-refractivity contribution in [3.8, 4) is 0 Å². The van der Waals surface area contributed by atoms with Crippen LogP contribution in [0.25, 0.3) is 0 Å². The van der Waals surface area contributed by atoms with Gasteiger partial charge in [-0.05, 0) is 24.3 Å². The molecule has 0 radical (unpaired) electrons. The molecule has 0 spiro atoms. The van der Waals surface area contributed by atoms with Crippen molar-refractivity contribution < 1.29 is 0 Å². The van der Waals surface area contributed by atoms with Gasteiger partial charge >= 0.3 is 0 Å². The van der Waals surface area contributed by atoms with Crippen LogP contribution in [0.4, 0.5) is 5.69 Å². The van der Waals surface area contributed by atoms with Crippen molar-refractivity contribution in [2.24, 2.45) is 5.73 Å². The standard InChI is InChI=1S/C13H14BrClN2S/c1-17(8-9-5-6-13(15)18-9)12-4-2-3-11(14)10(12)7-16/h2-6H,7-8,16H2,1H3. The van der Waals surface area contributed by atoms with E-state index in [1.165, 1.54) is 4.88 Å². The molecule has 0 atom stereocenters. The number of hydrogen-bond donors (Lipinski definition) is 1. The molecule has 2 N–H and O–H groups in total. The summed E-state index contributed by atoms with van der Waals surface area (Å²) in [4.78, 5) is 3.43. The highest BCUT2D eigenvalue weighted by Crippen LogP contribution is 2.29. The second-order valence-electron chi connectivity index (χ2n) is 4.00. The summed E-state index contributed by atoms with van der Waals surface area (Å²) in [7, 11) is 2.06. The molecule has 0 saturated carbocycles. The van der Waals surface area contributed by atoms with Crippen molar-refractivity contribution in [3.05, 3.63) is 49.6 Å². The highest BCUT2D eigenvalue weighted by Gasteiger charge is 2.10. The van der Waals surface area contributed by atoms with Crippen molar-refractivity contribution in [3.63, 3.8) is 0 Å². The minimum Gasteiger partial charge on any atom is -0.369 e. The maximum Gasteiger partial charge on any atom is 0.0931 e. The summed E-state index contributed by atoms with van der Waals surface area (Å²) in [6, 6.07) is 10.1.